The third kappa shape index (κ3) is 5.23. The summed E-state index contributed by atoms with van der Waals surface area (Å²) in [6, 6.07) is 2.03. The fraction of sp³-hybridized carbons (Fsp3) is 0.778. The number of aliphatic imine (C=N–C) groups is 1. The maximum atomic E-state index is 5.81. The second-order valence-corrected chi connectivity index (χ2v) is 6.68. The lowest BCUT2D eigenvalue weighted by atomic mass is 9.99. The van der Waals surface area contributed by atoms with E-state index in [4.69, 9.17) is 9.26 Å². The van der Waals surface area contributed by atoms with E-state index in [0.29, 0.717) is 12.5 Å². The zero-order valence-corrected chi connectivity index (χ0v) is 15.5. The molecule has 2 N–H and O–H groups in total. The molecule has 1 saturated heterocycles. The van der Waals surface area contributed by atoms with Crippen LogP contribution in [0.2, 0.25) is 0 Å². The molecule has 1 aliphatic rings. The van der Waals surface area contributed by atoms with Gasteiger partial charge in [0.2, 0.25) is 0 Å². The first-order chi connectivity index (χ1) is 11.6. The Morgan fingerprint density at radius 3 is 2.75 bits per heavy atom. The largest absolute Gasteiger partial charge is 0.373 e. The van der Waals surface area contributed by atoms with Crippen LogP contribution >= 0.6 is 0 Å². The van der Waals surface area contributed by atoms with E-state index in [9.17, 15) is 0 Å². The summed E-state index contributed by atoms with van der Waals surface area (Å²) < 4.78 is 11.3. The average molecular weight is 336 g/mol. The molecule has 0 saturated carbocycles. The minimum atomic E-state index is -0.0922. The molecule has 1 unspecified atom stereocenters. The van der Waals surface area contributed by atoms with Crippen LogP contribution in [0.4, 0.5) is 0 Å². The Kier molecular flexibility index (Phi) is 7.09. The van der Waals surface area contributed by atoms with E-state index in [1.807, 2.05) is 6.07 Å². The monoisotopic (exact) mass is 336 g/mol. The van der Waals surface area contributed by atoms with E-state index in [-0.39, 0.29) is 5.60 Å². The van der Waals surface area contributed by atoms with Crippen LogP contribution in [0.5, 0.6) is 0 Å². The molecule has 1 aromatic rings. The Balaban J connectivity index is 1.92. The predicted octanol–water partition coefficient (Wildman–Crippen LogP) is 3.20. The third-order valence-electron chi connectivity index (χ3n) is 4.65. The Bertz CT molecular complexity index is 517. The molecule has 0 aromatic carbocycles. The molecule has 0 radical (unpaired) electrons. The molecule has 6 heteroatoms. The van der Waals surface area contributed by atoms with E-state index < -0.39 is 0 Å². The maximum Gasteiger partial charge on any atom is 0.191 e. The third-order valence-corrected chi connectivity index (χ3v) is 4.65. The number of nitrogens with zero attached hydrogens (tertiary/aromatic N) is 2. The molecule has 2 rings (SSSR count). The molecular formula is C18H32N4O2. The average Bonchev–Trinajstić information content (AvgIpc) is 3.21. The first-order valence-corrected chi connectivity index (χ1v) is 9.21. The number of ether oxygens (including phenoxy) is 1. The van der Waals surface area contributed by atoms with Gasteiger partial charge in [-0.15, -0.1) is 0 Å². The number of nitrogens with one attached hydrogen (secondary N) is 2. The highest BCUT2D eigenvalue weighted by Crippen LogP contribution is 2.24. The van der Waals surface area contributed by atoms with Gasteiger partial charge in [0.05, 0.1) is 11.3 Å². The fourth-order valence-electron chi connectivity index (χ4n) is 3.05. The summed E-state index contributed by atoms with van der Waals surface area (Å²) >= 11 is 0. The zero-order chi connectivity index (χ0) is 17.4. The van der Waals surface area contributed by atoms with Crippen molar-refractivity contribution in [3.8, 4) is 0 Å². The lowest BCUT2D eigenvalue weighted by molar-refractivity contribution is 0.0243. The summed E-state index contributed by atoms with van der Waals surface area (Å²) in [5, 5.41) is 10.8. The summed E-state index contributed by atoms with van der Waals surface area (Å²) in [6.45, 7) is 11.5. The quantitative estimate of drug-likeness (QED) is 0.563. The summed E-state index contributed by atoms with van der Waals surface area (Å²) in [4.78, 5) is 4.61. The topological polar surface area (TPSA) is 71.7 Å². The molecule has 1 aliphatic heterocycles. The normalized spacial score (nSPS) is 21.5. The Hall–Kier alpha value is -1.56. The van der Waals surface area contributed by atoms with Gasteiger partial charge in [-0.3, -0.25) is 0 Å². The highest BCUT2D eigenvalue weighted by Gasteiger charge is 2.29. The molecule has 1 aromatic heterocycles. The molecule has 6 nitrogen and oxygen atoms in total. The first kappa shape index (κ1) is 18.8. The van der Waals surface area contributed by atoms with Gasteiger partial charge in [0.1, 0.15) is 6.54 Å². The highest BCUT2D eigenvalue weighted by molar-refractivity contribution is 5.79. The molecule has 0 aliphatic carbocycles. The van der Waals surface area contributed by atoms with Crippen molar-refractivity contribution in [2.24, 2.45) is 4.99 Å². The Labute approximate surface area is 145 Å². The van der Waals surface area contributed by atoms with Crippen molar-refractivity contribution in [1.82, 2.24) is 15.8 Å². The van der Waals surface area contributed by atoms with Gasteiger partial charge in [0.15, 0.2) is 11.7 Å². The van der Waals surface area contributed by atoms with Crippen molar-refractivity contribution in [3.05, 3.63) is 17.5 Å². The molecule has 0 bridgehead atoms. The number of hydrogen-bond donors (Lipinski definition) is 2. The van der Waals surface area contributed by atoms with Crippen LogP contribution in [0, 0.1) is 0 Å². The first-order valence-electron chi connectivity index (χ1n) is 9.21. The minimum absolute atomic E-state index is 0.0922. The van der Waals surface area contributed by atoms with Crippen molar-refractivity contribution in [2.45, 2.75) is 71.4 Å². The second-order valence-electron chi connectivity index (χ2n) is 6.68. The van der Waals surface area contributed by atoms with E-state index >= 15 is 0 Å². The van der Waals surface area contributed by atoms with E-state index in [1.165, 1.54) is 0 Å². The smallest absolute Gasteiger partial charge is 0.191 e. The van der Waals surface area contributed by atoms with Crippen LogP contribution < -0.4 is 10.6 Å². The van der Waals surface area contributed by atoms with Crippen molar-refractivity contribution >= 4 is 5.96 Å². The lowest BCUT2D eigenvalue weighted by Crippen LogP contribution is -2.45. The Morgan fingerprint density at radius 1 is 1.33 bits per heavy atom. The lowest BCUT2D eigenvalue weighted by Gasteiger charge is -2.24. The fourth-order valence-corrected chi connectivity index (χ4v) is 3.05. The van der Waals surface area contributed by atoms with Crippen molar-refractivity contribution in [1.29, 1.82) is 0 Å². The summed E-state index contributed by atoms with van der Waals surface area (Å²) in [7, 11) is 0. The Morgan fingerprint density at radius 2 is 2.12 bits per heavy atom. The summed E-state index contributed by atoms with van der Waals surface area (Å²) in [5.74, 6) is 2.06. The van der Waals surface area contributed by atoms with Crippen LogP contribution in [0.15, 0.2) is 15.6 Å². The van der Waals surface area contributed by atoms with Crippen LogP contribution in [0.1, 0.15) is 70.8 Å². The molecule has 1 fully saturated rings. The molecule has 2 heterocycles. The number of hydrogen-bond acceptors (Lipinski definition) is 4. The minimum Gasteiger partial charge on any atom is -0.373 e. The summed E-state index contributed by atoms with van der Waals surface area (Å²) in [6.07, 6.45) is 4.37. The van der Waals surface area contributed by atoms with Gasteiger partial charge in [0.25, 0.3) is 0 Å². The molecule has 1 atom stereocenters. The van der Waals surface area contributed by atoms with Crippen LogP contribution in [-0.4, -0.2) is 36.4 Å². The molecule has 0 amide bonds. The molecule has 24 heavy (non-hydrogen) atoms. The van der Waals surface area contributed by atoms with Gasteiger partial charge in [0, 0.05) is 31.7 Å². The van der Waals surface area contributed by atoms with Crippen molar-refractivity contribution < 1.29 is 9.26 Å². The van der Waals surface area contributed by atoms with E-state index in [0.717, 1.165) is 62.8 Å². The van der Waals surface area contributed by atoms with Gasteiger partial charge < -0.3 is 19.9 Å². The van der Waals surface area contributed by atoms with E-state index in [2.05, 4.69) is 48.5 Å². The van der Waals surface area contributed by atoms with E-state index in [1.54, 1.807) is 0 Å². The molecular weight excluding hydrogens is 304 g/mol. The van der Waals surface area contributed by atoms with Gasteiger partial charge in [-0.2, -0.15) is 0 Å². The van der Waals surface area contributed by atoms with Gasteiger partial charge in [-0.05, 0) is 39.5 Å². The number of rotatable bonds is 8. The van der Waals surface area contributed by atoms with Gasteiger partial charge >= 0.3 is 0 Å². The SMILES string of the molecule is CCNC(=NCc1cc(C(CC)CC)no1)NCC1(C)CCCO1. The van der Waals surface area contributed by atoms with Crippen molar-refractivity contribution in [3.63, 3.8) is 0 Å². The zero-order valence-electron chi connectivity index (χ0n) is 15.5. The van der Waals surface area contributed by atoms with Crippen LogP contribution in [0.25, 0.3) is 0 Å². The predicted molar refractivity (Wildman–Crippen MR) is 96.2 cm³/mol. The number of aromatic nitrogens is 1. The second kappa shape index (κ2) is 9.06. The van der Waals surface area contributed by atoms with Crippen molar-refractivity contribution in [2.75, 3.05) is 19.7 Å². The molecule has 136 valence electrons. The maximum absolute atomic E-state index is 5.81. The van der Waals surface area contributed by atoms with Gasteiger partial charge in [-0.1, -0.05) is 19.0 Å². The summed E-state index contributed by atoms with van der Waals surface area (Å²) in [5.41, 5.74) is 0.945. The van der Waals surface area contributed by atoms with Crippen LogP contribution in [0.3, 0.4) is 0 Å². The standard InChI is InChI=1S/C18H32N4O2/c1-5-14(6-2)16-11-15(24-22-16)12-20-17(19-7-3)21-13-18(4)9-8-10-23-18/h11,14H,5-10,12-13H2,1-4H3,(H2,19,20,21). The highest BCUT2D eigenvalue weighted by atomic mass is 16.5. The van der Waals surface area contributed by atoms with Gasteiger partial charge in [-0.25, -0.2) is 4.99 Å². The van der Waals surface area contributed by atoms with Crippen LogP contribution in [-0.2, 0) is 11.3 Å². The number of guanidine groups is 1. The molecule has 0 spiro atoms.